The zero-order valence-electron chi connectivity index (χ0n) is 11.5. The van der Waals surface area contributed by atoms with Crippen LogP contribution in [0.25, 0.3) is 0 Å². The summed E-state index contributed by atoms with van der Waals surface area (Å²) in [6.45, 7) is 5.63. The Hall–Kier alpha value is -0.0900. The van der Waals surface area contributed by atoms with E-state index < -0.39 is 9.84 Å². The number of hydrogen-bond donors (Lipinski definition) is 2. The van der Waals surface area contributed by atoms with Crippen LogP contribution in [0.2, 0.25) is 0 Å². The highest BCUT2D eigenvalue weighted by molar-refractivity contribution is 14.0. The van der Waals surface area contributed by atoms with Gasteiger partial charge in [-0.15, -0.1) is 24.0 Å². The summed E-state index contributed by atoms with van der Waals surface area (Å²) in [6.07, 6.45) is 2.16. The summed E-state index contributed by atoms with van der Waals surface area (Å²) >= 11 is 0. The summed E-state index contributed by atoms with van der Waals surface area (Å²) in [5, 5.41) is 3.05. The van der Waals surface area contributed by atoms with E-state index in [1.807, 2.05) is 0 Å². The van der Waals surface area contributed by atoms with Gasteiger partial charge in [0.15, 0.2) is 15.8 Å². The molecule has 1 fully saturated rings. The molecule has 8 heteroatoms. The predicted octanol–water partition coefficient (Wildman–Crippen LogP) is 0.0392. The molecule has 1 aliphatic rings. The van der Waals surface area contributed by atoms with Gasteiger partial charge in [-0.3, -0.25) is 9.89 Å². The average molecular weight is 404 g/mol. The fraction of sp³-hybridized carbons (Fsp3) is 0.909. The normalized spacial score (nSPS) is 19.7. The molecule has 0 atom stereocenters. The minimum absolute atomic E-state index is 0. The number of guanidine groups is 1. The Kier molecular flexibility index (Phi) is 9.71. The summed E-state index contributed by atoms with van der Waals surface area (Å²) in [5.41, 5.74) is 5.70. The monoisotopic (exact) mass is 404 g/mol. The highest BCUT2D eigenvalue weighted by atomic mass is 127. The number of unbranched alkanes of at least 4 members (excludes halogenated alkanes) is 1. The number of halogens is 1. The molecule has 0 amide bonds. The number of nitrogens with zero attached hydrogens (tertiary/aromatic N) is 2. The second-order valence-electron chi connectivity index (χ2n) is 4.54. The molecule has 0 radical (unpaired) electrons. The molecule has 1 rings (SSSR count). The molecule has 0 bridgehead atoms. The van der Waals surface area contributed by atoms with Gasteiger partial charge in [0.2, 0.25) is 0 Å². The van der Waals surface area contributed by atoms with E-state index in [0.717, 1.165) is 25.9 Å². The molecule has 6 nitrogen and oxygen atoms in total. The topological polar surface area (TPSA) is 87.8 Å². The van der Waals surface area contributed by atoms with Crippen molar-refractivity contribution in [2.45, 2.75) is 19.8 Å². The highest BCUT2D eigenvalue weighted by Gasteiger charge is 2.20. The quantitative estimate of drug-likeness (QED) is 0.283. The van der Waals surface area contributed by atoms with E-state index in [-0.39, 0.29) is 35.5 Å². The third kappa shape index (κ3) is 8.64. The lowest BCUT2D eigenvalue weighted by Crippen LogP contribution is -2.44. The number of nitrogens with one attached hydrogen (secondary N) is 1. The van der Waals surface area contributed by atoms with Crippen LogP contribution in [-0.2, 0) is 9.84 Å². The lowest BCUT2D eigenvalue weighted by atomic mass is 10.3. The molecule has 1 heterocycles. The zero-order valence-corrected chi connectivity index (χ0v) is 14.6. The van der Waals surface area contributed by atoms with Gasteiger partial charge in [-0.05, 0) is 6.42 Å². The third-order valence-corrected chi connectivity index (χ3v) is 4.57. The summed E-state index contributed by atoms with van der Waals surface area (Å²) in [6, 6.07) is 0. The Labute approximate surface area is 133 Å². The van der Waals surface area contributed by atoms with Gasteiger partial charge in [0.25, 0.3) is 0 Å². The van der Waals surface area contributed by atoms with E-state index in [1.165, 1.54) is 0 Å². The number of sulfone groups is 1. The number of nitrogens with two attached hydrogens (primary N) is 1. The van der Waals surface area contributed by atoms with Crippen LogP contribution in [0, 0.1) is 0 Å². The third-order valence-electron chi connectivity index (χ3n) is 2.97. The minimum atomic E-state index is -2.78. The van der Waals surface area contributed by atoms with Gasteiger partial charge < -0.3 is 11.1 Å². The Bertz CT molecular complexity index is 359. The van der Waals surface area contributed by atoms with E-state index in [0.29, 0.717) is 25.6 Å². The largest absolute Gasteiger partial charge is 0.370 e. The van der Waals surface area contributed by atoms with Crippen molar-refractivity contribution >= 4 is 39.8 Å². The Morgan fingerprint density at radius 2 is 2.00 bits per heavy atom. The molecule has 1 aliphatic heterocycles. The van der Waals surface area contributed by atoms with Crippen molar-refractivity contribution in [2.24, 2.45) is 10.7 Å². The van der Waals surface area contributed by atoms with Crippen molar-refractivity contribution in [3.8, 4) is 0 Å². The van der Waals surface area contributed by atoms with Crippen LogP contribution in [0.1, 0.15) is 19.8 Å². The van der Waals surface area contributed by atoms with Crippen LogP contribution < -0.4 is 11.1 Å². The van der Waals surface area contributed by atoms with Crippen LogP contribution >= 0.6 is 24.0 Å². The van der Waals surface area contributed by atoms with Gasteiger partial charge >= 0.3 is 0 Å². The minimum Gasteiger partial charge on any atom is -0.370 e. The number of hydrogen-bond acceptors (Lipinski definition) is 4. The van der Waals surface area contributed by atoms with Crippen molar-refractivity contribution in [2.75, 3.05) is 44.2 Å². The summed E-state index contributed by atoms with van der Waals surface area (Å²) in [4.78, 5) is 6.32. The first-order valence-electron chi connectivity index (χ1n) is 6.50. The van der Waals surface area contributed by atoms with Crippen molar-refractivity contribution in [3.05, 3.63) is 0 Å². The fourth-order valence-electron chi connectivity index (χ4n) is 1.73. The molecule has 1 saturated heterocycles. The highest BCUT2D eigenvalue weighted by Crippen LogP contribution is 2.02. The van der Waals surface area contributed by atoms with E-state index in [4.69, 9.17) is 5.73 Å². The van der Waals surface area contributed by atoms with Gasteiger partial charge in [0, 0.05) is 32.7 Å². The standard InChI is InChI=1S/C11H24N4O2S.HI/c1-2-3-4-13-11(12)14-5-6-15-7-9-18(16,17)10-8-15;/h2-10H2,1H3,(H3,12,13,14);1H. The first-order chi connectivity index (χ1) is 8.53. The molecule has 0 aromatic heterocycles. The first kappa shape index (κ1) is 18.9. The molecule has 0 aromatic carbocycles. The predicted molar refractivity (Wildman–Crippen MR) is 89.9 cm³/mol. The average Bonchev–Trinajstić information content (AvgIpc) is 2.32. The summed E-state index contributed by atoms with van der Waals surface area (Å²) in [5.74, 6) is 1.02. The van der Waals surface area contributed by atoms with E-state index >= 15 is 0 Å². The smallest absolute Gasteiger partial charge is 0.188 e. The summed E-state index contributed by atoms with van der Waals surface area (Å²) in [7, 11) is -2.78. The van der Waals surface area contributed by atoms with Crippen LogP contribution in [0.15, 0.2) is 4.99 Å². The maximum atomic E-state index is 11.2. The molecule has 0 aliphatic carbocycles. The molecule has 19 heavy (non-hydrogen) atoms. The van der Waals surface area contributed by atoms with Crippen LogP contribution in [0.4, 0.5) is 0 Å². The Morgan fingerprint density at radius 3 is 2.58 bits per heavy atom. The van der Waals surface area contributed by atoms with E-state index in [2.05, 4.69) is 22.1 Å². The first-order valence-corrected chi connectivity index (χ1v) is 8.32. The van der Waals surface area contributed by atoms with Gasteiger partial charge in [0.05, 0.1) is 11.5 Å². The van der Waals surface area contributed by atoms with Crippen molar-refractivity contribution in [1.82, 2.24) is 10.2 Å². The zero-order chi connectivity index (χ0) is 13.4. The second kappa shape index (κ2) is 9.76. The maximum Gasteiger partial charge on any atom is 0.188 e. The Balaban J connectivity index is 0.00000324. The molecule has 0 unspecified atom stereocenters. The molecule has 0 spiro atoms. The van der Waals surface area contributed by atoms with Crippen molar-refractivity contribution < 1.29 is 8.42 Å². The molecular weight excluding hydrogens is 379 g/mol. The van der Waals surface area contributed by atoms with Gasteiger partial charge in [-0.25, -0.2) is 8.42 Å². The molecule has 0 aromatic rings. The van der Waals surface area contributed by atoms with Gasteiger partial charge in [-0.2, -0.15) is 0 Å². The number of rotatable bonds is 6. The van der Waals surface area contributed by atoms with Crippen molar-refractivity contribution in [3.63, 3.8) is 0 Å². The van der Waals surface area contributed by atoms with Crippen LogP contribution in [-0.4, -0.2) is 63.5 Å². The van der Waals surface area contributed by atoms with Gasteiger partial charge in [-0.1, -0.05) is 13.3 Å². The molecule has 114 valence electrons. The molecule has 0 saturated carbocycles. The van der Waals surface area contributed by atoms with Crippen molar-refractivity contribution in [1.29, 1.82) is 0 Å². The van der Waals surface area contributed by atoms with Gasteiger partial charge in [0.1, 0.15) is 0 Å². The van der Waals surface area contributed by atoms with Crippen LogP contribution in [0.3, 0.4) is 0 Å². The number of aliphatic imine (C=N–C) groups is 1. The fourth-order valence-corrected chi connectivity index (χ4v) is 3.01. The SMILES string of the molecule is CCCCN=C(N)NCCN1CCS(=O)(=O)CC1.I. The lowest BCUT2D eigenvalue weighted by molar-refractivity contribution is 0.300. The second-order valence-corrected chi connectivity index (χ2v) is 6.84. The van der Waals surface area contributed by atoms with E-state index in [9.17, 15) is 8.42 Å². The van der Waals surface area contributed by atoms with E-state index in [1.54, 1.807) is 0 Å². The molecule has 3 N–H and O–H groups in total. The molecular formula is C11H25IN4O2S. The maximum absolute atomic E-state index is 11.2. The lowest BCUT2D eigenvalue weighted by Gasteiger charge is -2.26. The summed E-state index contributed by atoms with van der Waals surface area (Å²) < 4.78 is 22.5. The van der Waals surface area contributed by atoms with Crippen LogP contribution in [0.5, 0.6) is 0 Å². The Morgan fingerprint density at radius 1 is 1.37 bits per heavy atom.